The van der Waals surface area contributed by atoms with Gasteiger partial charge in [0.1, 0.15) is 4.88 Å². The molecule has 0 atom stereocenters. The Kier molecular flexibility index (Phi) is 5.37. The number of hydrogen-bond donors (Lipinski definition) is 2. The third-order valence-corrected chi connectivity index (χ3v) is 2.91. The van der Waals surface area contributed by atoms with Gasteiger partial charge in [-0.05, 0) is 0 Å². The van der Waals surface area contributed by atoms with Crippen molar-refractivity contribution in [2.75, 3.05) is 39.6 Å². The van der Waals surface area contributed by atoms with E-state index in [1.165, 1.54) is 29.5 Å². The van der Waals surface area contributed by atoms with Crippen LogP contribution in [0.1, 0.15) is 9.67 Å². The minimum atomic E-state index is -0.401. The Morgan fingerprint density at radius 2 is 2.17 bits per heavy atom. The largest absolute Gasteiger partial charge is 0.465 e. The molecule has 2 N–H and O–H groups in total. The predicted molar refractivity (Wildman–Crippen MR) is 69.0 cm³/mol. The van der Waals surface area contributed by atoms with Crippen LogP contribution in [0.25, 0.3) is 0 Å². The first-order chi connectivity index (χ1) is 8.54. The van der Waals surface area contributed by atoms with Gasteiger partial charge in [0, 0.05) is 27.2 Å². The monoisotopic (exact) mass is 272 g/mol. The van der Waals surface area contributed by atoms with E-state index in [1.807, 2.05) is 0 Å². The number of nitrogens with zero attached hydrogens (tertiary/aromatic N) is 2. The number of urea groups is 1. The van der Waals surface area contributed by atoms with Crippen molar-refractivity contribution in [3.05, 3.63) is 11.1 Å². The first-order valence-corrected chi connectivity index (χ1v) is 6.09. The Labute approximate surface area is 109 Å². The lowest BCUT2D eigenvalue weighted by Crippen LogP contribution is -2.37. The Hall–Kier alpha value is -1.83. The van der Waals surface area contributed by atoms with Crippen molar-refractivity contribution >= 4 is 28.5 Å². The van der Waals surface area contributed by atoms with Gasteiger partial charge in [0.05, 0.1) is 13.3 Å². The fourth-order valence-electron chi connectivity index (χ4n) is 1.05. The number of anilines is 1. The summed E-state index contributed by atoms with van der Waals surface area (Å²) in [7, 11) is 4.67. The normalized spacial score (nSPS) is 9.72. The highest BCUT2D eigenvalue weighted by Crippen LogP contribution is 2.18. The van der Waals surface area contributed by atoms with Crippen molar-refractivity contribution in [1.29, 1.82) is 0 Å². The Balaban J connectivity index is 2.30. The zero-order chi connectivity index (χ0) is 13.5. The average Bonchev–Trinajstić information content (AvgIpc) is 2.81. The van der Waals surface area contributed by atoms with Crippen molar-refractivity contribution in [2.24, 2.45) is 0 Å². The molecule has 0 radical (unpaired) electrons. The number of thiazole rings is 1. The van der Waals surface area contributed by atoms with E-state index in [2.05, 4.69) is 20.4 Å². The second kappa shape index (κ2) is 6.80. The standard InChI is InChI=1S/C10H16N4O3S/c1-14(2)10(16)12-5-4-11-9-13-6-7(18-9)8(15)17-3/h6H,4-5H2,1-3H3,(H,11,13)(H,12,16). The second-order valence-corrected chi connectivity index (χ2v) is 4.61. The van der Waals surface area contributed by atoms with Crippen LogP contribution in [-0.2, 0) is 4.74 Å². The van der Waals surface area contributed by atoms with Gasteiger partial charge < -0.3 is 20.3 Å². The maximum Gasteiger partial charge on any atom is 0.349 e. The van der Waals surface area contributed by atoms with Gasteiger partial charge in [0.2, 0.25) is 0 Å². The van der Waals surface area contributed by atoms with Gasteiger partial charge in [-0.1, -0.05) is 11.3 Å². The van der Waals surface area contributed by atoms with Crippen LogP contribution in [0.5, 0.6) is 0 Å². The van der Waals surface area contributed by atoms with Gasteiger partial charge in [-0.2, -0.15) is 0 Å². The quantitative estimate of drug-likeness (QED) is 0.606. The van der Waals surface area contributed by atoms with Gasteiger partial charge in [-0.15, -0.1) is 0 Å². The highest BCUT2D eigenvalue weighted by atomic mass is 32.1. The molecule has 1 rings (SSSR count). The molecular weight excluding hydrogens is 256 g/mol. The van der Waals surface area contributed by atoms with Crippen LogP contribution >= 0.6 is 11.3 Å². The zero-order valence-corrected chi connectivity index (χ0v) is 11.3. The van der Waals surface area contributed by atoms with Crippen LogP contribution < -0.4 is 10.6 Å². The smallest absolute Gasteiger partial charge is 0.349 e. The van der Waals surface area contributed by atoms with E-state index >= 15 is 0 Å². The molecule has 0 aromatic carbocycles. The predicted octanol–water partition coefficient (Wildman–Crippen LogP) is 0.613. The van der Waals surface area contributed by atoms with Crippen LogP contribution in [0.15, 0.2) is 6.20 Å². The molecule has 0 saturated heterocycles. The summed E-state index contributed by atoms with van der Waals surface area (Å²) in [4.78, 5) is 28.3. The first kappa shape index (κ1) is 14.2. The summed E-state index contributed by atoms with van der Waals surface area (Å²) in [5, 5.41) is 6.33. The molecule has 1 aromatic rings. The van der Waals surface area contributed by atoms with Crippen LogP contribution in [0, 0.1) is 0 Å². The highest BCUT2D eigenvalue weighted by molar-refractivity contribution is 7.17. The van der Waals surface area contributed by atoms with Crippen LogP contribution in [-0.4, -0.2) is 56.2 Å². The van der Waals surface area contributed by atoms with E-state index < -0.39 is 5.97 Å². The molecule has 8 heteroatoms. The Bertz CT molecular complexity index is 419. The third kappa shape index (κ3) is 4.21. The van der Waals surface area contributed by atoms with Crippen molar-refractivity contribution in [2.45, 2.75) is 0 Å². The molecule has 0 unspecified atom stereocenters. The summed E-state index contributed by atoms with van der Waals surface area (Å²) in [6.45, 7) is 1.01. The van der Waals surface area contributed by atoms with Gasteiger partial charge in [-0.3, -0.25) is 0 Å². The van der Waals surface area contributed by atoms with E-state index in [0.717, 1.165) is 0 Å². The fraction of sp³-hybridized carbons (Fsp3) is 0.500. The lowest BCUT2D eigenvalue weighted by atomic mass is 10.6. The molecule has 7 nitrogen and oxygen atoms in total. The molecule has 0 aliphatic carbocycles. The van der Waals surface area contributed by atoms with Crippen molar-refractivity contribution < 1.29 is 14.3 Å². The van der Waals surface area contributed by atoms with E-state index in [0.29, 0.717) is 23.1 Å². The molecule has 100 valence electrons. The Morgan fingerprint density at radius 3 is 2.78 bits per heavy atom. The summed E-state index contributed by atoms with van der Waals surface area (Å²) in [6, 6.07) is -0.147. The number of rotatable bonds is 5. The van der Waals surface area contributed by atoms with Crippen molar-refractivity contribution in [1.82, 2.24) is 15.2 Å². The average molecular weight is 272 g/mol. The molecule has 0 bridgehead atoms. The molecule has 0 saturated carbocycles. The second-order valence-electron chi connectivity index (χ2n) is 3.57. The minimum absolute atomic E-state index is 0.147. The highest BCUT2D eigenvalue weighted by Gasteiger charge is 2.10. The number of carbonyl (C=O) groups is 2. The molecule has 0 aliphatic heterocycles. The van der Waals surface area contributed by atoms with Gasteiger partial charge in [0.25, 0.3) is 0 Å². The molecular formula is C10H16N4O3S. The maximum atomic E-state index is 11.2. The number of esters is 1. The molecule has 0 spiro atoms. The summed E-state index contributed by atoms with van der Waals surface area (Å²) in [5.74, 6) is -0.401. The fourth-order valence-corrected chi connectivity index (χ4v) is 1.81. The summed E-state index contributed by atoms with van der Waals surface area (Å²) in [5.41, 5.74) is 0. The molecule has 0 fully saturated rings. The van der Waals surface area contributed by atoms with E-state index in [-0.39, 0.29) is 6.03 Å². The van der Waals surface area contributed by atoms with Gasteiger partial charge >= 0.3 is 12.0 Å². The van der Waals surface area contributed by atoms with Crippen molar-refractivity contribution in [3.63, 3.8) is 0 Å². The summed E-state index contributed by atoms with van der Waals surface area (Å²) < 4.78 is 4.57. The van der Waals surface area contributed by atoms with Crippen LogP contribution in [0.3, 0.4) is 0 Å². The lowest BCUT2D eigenvalue weighted by Gasteiger charge is -2.11. The van der Waals surface area contributed by atoms with Crippen LogP contribution in [0.4, 0.5) is 9.93 Å². The summed E-state index contributed by atoms with van der Waals surface area (Å²) >= 11 is 1.21. The number of ether oxygens (including phenoxy) is 1. The first-order valence-electron chi connectivity index (χ1n) is 5.27. The molecule has 0 aliphatic rings. The summed E-state index contributed by atoms with van der Waals surface area (Å²) in [6.07, 6.45) is 1.46. The third-order valence-electron chi connectivity index (χ3n) is 1.98. The number of methoxy groups -OCH3 is 1. The number of amides is 2. The topological polar surface area (TPSA) is 83.6 Å². The Morgan fingerprint density at radius 1 is 1.44 bits per heavy atom. The SMILES string of the molecule is COC(=O)c1cnc(NCCNC(=O)N(C)C)s1. The van der Waals surface area contributed by atoms with Gasteiger partial charge in [-0.25, -0.2) is 14.6 Å². The maximum absolute atomic E-state index is 11.2. The number of aromatic nitrogens is 1. The van der Waals surface area contributed by atoms with E-state index in [4.69, 9.17) is 0 Å². The van der Waals surface area contributed by atoms with Gasteiger partial charge in [0.15, 0.2) is 5.13 Å². The van der Waals surface area contributed by atoms with Crippen molar-refractivity contribution in [3.8, 4) is 0 Å². The zero-order valence-electron chi connectivity index (χ0n) is 10.5. The van der Waals surface area contributed by atoms with Crippen LogP contribution in [0.2, 0.25) is 0 Å². The number of carbonyl (C=O) groups excluding carboxylic acids is 2. The lowest BCUT2D eigenvalue weighted by molar-refractivity contribution is 0.0606. The molecule has 1 heterocycles. The number of nitrogens with one attached hydrogen (secondary N) is 2. The number of hydrogen-bond acceptors (Lipinski definition) is 6. The minimum Gasteiger partial charge on any atom is -0.465 e. The molecule has 18 heavy (non-hydrogen) atoms. The molecule has 1 aromatic heterocycles. The molecule has 2 amide bonds. The van der Waals surface area contributed by atoms with E-state index in [1.54, 1.807) is 14.1 Å². The van der Waals surface area contributed by atoms with E-state index in [9.17, 15) is 9.59 Å².